The van der Waals surface area contributed by atoms with Crippen LogP contribution < -0.4 is 11.1 Å². The topological polar surface area (TPSA) is 67.6 Å². The fourth-order valence-electron chi connectivity index (χ4n) is 3.07. The van der Waals surface area contributed by atoms with Gasteiger partial charge in [-0.2, -0.15) is 0 Å². The van der Waals surface area contributed by atoms with E-state index in [2.05, 4.69) is 24.1 Å². The Bertz CT molecular complexity index is 494. The van der Waals surface area contributed by atoms with Crippen LogP contribution in [0.4, 0.5) is 0 Å². The number of nitrogens with zero attached hydrogens (tertiary/aromatic N) is 1. The highest BCUT2D eigenvalue weighted by atomic mass is 16.5. The Balaban J connectivity index is 1.74. The molecule has 0 bridgehead atoms. The molecule has 5 heteroatoms. The molecule has 0 aromatic heterocycles. The van der Waals surface area contributed by atoms with Gasteiger partial charge in [-0.1, -0.05) is 30.3 Å². The van der Waals surface area contributed by atoms with Crippen LogP contribution in [-0.2, 0) is 15.1 Å². The smallest absolute Gasteiger partial charge is 0.244 e. The summed E-state index contributed by atoms with van der Waals surface area (Å²) < 4.78 is 5.73. The molecule has 5 nitrogen and oxygen atoms in total. The summed E-state index contributed by atoms with van der Waals surface area (Å²) >= 11 is 0. The lowest BCUT2D eigenvalue weighted by Gasteiger charge is -2.35. The van der Waals surface area contributed by atoms with Gasteiger partial charge in [-0.3, -0.25) is 9.69 Å². The summed E-state index contributed by atoms with van der Waals surface area (Å²) in [5.41, 5.74) is 6.03. The van der Waals surface area contributed by atoms with Crippen molar-refractivity contribution in [3.05, 3.63) is 35.9 Å². The fourth-order valence-corrected chi connectivity index (χ4v) is 3.07. The first-order valence-electron chi connectivity index (χ1n) is 8.40. The van der Waals surface area contributed by atoms with Crippen LogP contribution in [0.1, 0.15) is 32.8 Å². The minimum Gasteiger partial charge on any atom is -0.373 e. The quantitative estimate of drug-likeness (QED) is 0.779. The molecule has 1 aliphatic heterocycles. The van der Waals surface area contributed by atoms with Crippen molar-refractivity contribution in [1.82, 2.24) is 10.2 Å². The first-order chi connectivity index (χ1) is 10.9. The zero-order chi connectivity index (χ0) is 16.9. The SMILES string of the molecule is CC1CN(CCCNC(=O)C(C)(N)c2ccccc2)CC(C)O1. The fraction of sp³-hybridized carbons (Fsp3) is 0.611. The van der Waals surface area contributed by atoms with Gasteiger partial charge in [0.1, 0.15) is 5.54 Å². The van der Waals surface area contributed by atoms with Crippen LogP contribution in [0, 0.1) is 0 Å². The van der Waals surface area contributed by atoms with E-state index < -0.39 is 5.54 Å². The van der Waals surface area contributed by atoms with Crippen molar-refractivity contribution in [3.63, 3.8) is 0 Å². The van der Waals surface area contributed by atoms with Gasteiger partial charge in [-0.25, -0.2) is 0 Å². The zero-order valence-corrected chi connectivity index (χ0v) is 14.4. The highest BCUT2D eigenvalue weighted by Gasteiger charge is 2.30. The van der Waals surface area contributed by atoms with Gasteiger partial charge in [0.05, 0.1) is 12.2 Å². The van der Waals surface area contributed by atoms with Crippen LogP contribution >= 0.6 is 0 Å². The van der Waals surface area contributed by atoms with Crippen LogP contribution in [-0.4, -0.2) is 49.2 Å². The lowest BCUT2D eigenvalue weighted by atomic mass is 9.92. The van der Waals surface area contributed by atoms with E-state index in [1.54, 1.807) is 6.92 Å². The van der Waals surface area contributed by atoms with Crippen molar-refractivity contribution in [2.75, 3.05) is 26.2 Å². The van der Waals surface area contributed by atoms with E-state index in [0.29, 0.717) is 6.54 Å². The Kier molecular flexibility index (Phi) is 6.16. The Morgan fingerprint density at radius 2 is 1.91 bits per heavy atom. The van der Waals surface area contributed by atoms with E-state index in [1.165, 1.54) is 0 Å². The van der Waals surface area contributed by atoms with Gasteiger partial charge in [-0.05, 0) is 32.8 Å². The molecule has 1 amide bonds. The molecule has 0 saturated carbocycles. The van der Waals surface area contributed by atoms with Gasteiger partial charge in [-0.15, -0.1) is 0 Å². The van der Waals surface area contributed by atoms with Crippen LogP contribution in [0.5, 0.6) is 0 Å². The molecule has 0 spiro atoms. The van der Waals surface area contributed by atoms with E-state index in [4.69, 9.17) is 10.5 Å². The maximum Gasteiger partial charge on any atom is 0.244 e. The van der Waals surface area contributed by atoms with Gasteiger partial charge in [0.15, 0.2) is 0 Å². The number of hydrogen-bond acceptors (Lipinski definition) is 4. The van der Waals surface area contributed by atoms with E-state index in [1.807, 2.05) is 30.3 Å². The average molecular weight is 319 g/mol. The number of benzene rings is 1. The number of ether oxygens (including phenoxy) is 1. The summed E-state index contributed by atoms with van der Waals surface area (Å²) in [6.45, 7) is 9.47. The van der Waals surface area contributed by atoms with Gasteiger partial charge in [0, 0.05) is 26.2 Å². The summed E-state index contributed by atoms with van der Waals surface area (Å²) in [5.74, 6) is -0.132. The highest BCUT2D eigenvalue weighted by molar-refractivity contribution is 5.86. The molecule has 0 radical (unpaired) electrons. The number of carbonyl (C=O) groups is 1. The molecule has 3 unspecified atom stereocenters. The number of amides is 1. The van der Waals surface area contributed by atoms with Crippen LogP contribution in [0.3, 0.4) is 0 Å². The molecule has 3 atom stereocenters. The lowest BCUT2D eigenvalue weighted by molar-refractivity contribution is -0.126. The minimum atomic E-state index is -0.997. The number of rotatable bonds is 6. The van der Waals surface area contributed by atoms with Gasteiger partial charge < -0.3 is 15.8 Å². The molecule has 2 rings (SSSR count). The second-order valence-corrected chi connectivity index (χ2v) is 6.69. The van der Waals surface area contributed by atoms with Crippen LogP contribution in [0.2, 0.25) is 0 Å². The standard InChI is InChI=1S/C18H29N3O2/c1-14-12-21(13-15(2)23-14)11-7-10-20-17(22)18(3,19)16-8-5-4-6-9-16/h4-6,8-9,14-15H,7,10-13,19H2,1-3H3,(H,20,22). The Labute approximate surface area is 139 Å². The van der Waals surface area contributed by atoms with Crippen molar-refractivity contribution in [3.8, 4) is 0 Å². The predicted molar refractivity (Wildman–Crippen MR) is 92.1 cm³/mol. The van der Waals surface area contributed by atoms with Gasteiger partial charge >= 0.3 is 0 Å². The largest absolute Gasteiger partial charge is 0.373 e. The van der Waals surface area contributed by atoms with Crippen molar-refractivity contribution >= 4 is 5.91 Å². The van der Waals surface area contributed by atoms with Gasteiger partial charge in [0.25, 0.3) is 0 Å². The normalized spacial score (nSPS) is 24.9. The molecule has 23 heavy (non-hydrogen) atoms. The first-order valence-corrected chi connectivity index (χ1v) is 8.40. The average Bonchev–Trinajstić information content (AvgIpc) is 2.51. The maximum absolute atomic E-state index is 12.4. The Morgan fingerprint density at radius 1 is 1.30 bits per heavy atom. The monoisotopic (exact) mass is 319 g/mol. The summed E-state index contributed by atoms with van der Waals surface area (Å²) in [7, 11) is 0. The molecule has 1 heterocycles. The highest BCUT2D eigenvalue weighted by Crippen LogP contribution is 2.17. The van der Waals surface area contributed by atoms with Crippen molar-refractivity contribution in [2.24, 2.45) is 5.73 Å². The molecule has 1 fully saturated rings. The van der Waals surface area contributed by atoms with E-state index >= 15 is 0 Å². The molecule has 1 aromatic rings. The molecule has 1 saturated heterocycles. The zero-order valence-electron chi connectivity index (χ0n) is 14.4. The first kappa shape index (κ1) is 17.9. The second-order valence-electron chi connectivity index (χ2n) is 6.69. The number of hydrogen-bond donors (Lipinski definition) is 2. The molecular formula is C18H29N3O2. The molecular weight excluding hydrogens is 290 g/mol. The molecule has 0 aliphatic carbocycles. The van der Waals surface area contributed by atoms with Crippen molar-refractivity contribution < 1.29 is 9.53 Å². The Hall–Kier alpha value is -1.43. The second kappa shape index (κ2) is 7.90. The van der Waals surface area contributed by atoms with Crippen LogP contribution in [0.15, 0.2) is 30.3 Å². The van der Waals surface area contributed by atoms with Crippen molar-refractivity contribution in [2.45, 2.75) is 44.9 Å². The third kappa shape index (κ3) is 5.03. The summed E-state index contributed by atoms with van der Waals surface area (Å²) in [5, 5.41) is 2.96. The summed E-state index contributed by atoms with van der Waals surface area (Å²) in [6.07, 6.45) is 1.47. The van der Waals surface area contributed by atoms with E-state index in [9.17, 15) is 4.79 Å². The minimum absolute atomic E-state index is 0.132. The number of nitrogens with one attached hydrogen (secondary N) is 1. The van der Waals surface area contributed by atoms with Gasteiger partial charge in [0.2, 0.25) is 5.91 Å². The molecule has 128 valence electrons. The summed E-state index contributed by atoms with van der Waals surface area (Å²) in [4.78, 5) is 14.7. The third-order valence-electron chi connectivity index (χ3n) is 4.28. The lowest BCUT2D eigenvalue weighted by Crippen LogP contribution is -2.50. The van der Waals surface area contributed by atoms with Crippen LogP contribution in [0.25, 0.3) is 0 Å². The summed E-state index contributed by atoms with van der Waals surface area (Å²) in [6, 6.07) is 9.48. The molecule has 1 aliphatic rings. The predicted octanol–water partition coefficient (Wildman–Crippen LogP) is 1.48. The third-order valence-corrected chi connectivity index (χ3v) is 4.28. The van der Waals surface area contributed by atoms with E-state index in [-0.39, 0.29) is 18.1 Å². The molecule has 3 N–H and O–H groups in total. The van der Waals surface area contributed by atoms with E-state index in [0.717, 1.165) is 31.6 Å². The molecule has 1 aromatic carbocycles. The number of morpholine rings is 1. The van der Waals surface area contributed by atoms with Crippen molar-refractivity contribution in [1.29, 1.82) is 0 Å². The maximum atomic E-state index is 12.4. The number of carbonyl (C=O) groups excluding carboxylic acids is 1. The number of nitrogens with two attached hydrogens (primary N) is 1. The Morgan fingerprint density at radius 3 is 2.52 bits per heavy atom.